The van der Waals surface area contributed by atoms with Crippen LogP contribution in [0.25, 0.3) is 0 Å². The Balaban J connectivity index is 2.74. The van der Waals surface area contributed by atoms with E-state index >= 15 is 0 Å². The van der Waals surface area contributed by atoms with Crippen LogP contribution in [0.5, 0.6) is 0 Å². The highest BCUT2D eigenvalue weighted by Crippen LogP contribution is 2.28. The van der Waals surface area contributed by atoms with Crippen molar-refractivity contribution in [2.24, 2.45) is 11.8 Å². The van der Waals surface area contributed by atoms with Crippen molar-refractivity contribution in [2.75, 3.05) is 13.2 Å². The van der Waals surface area contributed by atoms with Crippen molar-refractivity contribution >= 4 is 18.5 Å². The Labute approximate surface area is 152 Å². The van der Waals surface area contributed by atoms with Gasteiger partial charge in [0, 0.05) is 0 Å². The summed E-state index contributed by atoms with van der Waals surface area (Å²) in [5.74, 6) is 0.244. The monoisotopic (exact) mass is 376 g/mol. The number of hydrogen-bond acceptors (Lipinski definition) is 8. The molecule has 0 saturated heterocycles. The second-order valence-electron chi connectivity index (χ2n) is 7.00. The second kappa shape index (κ2) is 10.7. The molecule has 1 rings (SSSR count). The molecule has 1 aliphatic carbocycles. The van der Waals surface area contributed by atoms with E-state index in [1.54, 1.807) is 0 Å². The zero-order valence-electron chi connectivity index (χ0n) is 15.6. The van der Waals surface area contributed by atoms with Crippen LogP contribution in [0.1, 0.15) is 47.0 Å². The Kier molecular flexibility index (Phi) is 9.01. The lowest BCUT2D eigenvalue weighted by atomic mass is 9.91. The van der Waals surface area contributed by atoms with Gasteiger partial charge in [0.15, 0.2) is 6.10 Å². The first kappa shape index (κ1) is 21.9. The van der Waals surface area contributed by atoms with Gasteiger partial charge in [-0.25, -0.2) is 14.4 Å². The predicted molar refractivity (Wildman–Crippen MR) is 88.9 cm³/mol. The van der Waals surface area contributed by atoms with Crippen LogP contribution >= 0.6 is 0 Å². The largest absolute Gasteiger partial charge is 0.508 e. The van der Waals surface area contributed by atoms with E-state index in [0.717, 1.165) is 0 Å². The highest BCUT2D eigenvalue weighted by Gasteiger charge is 2.42. The Morgan fingerprint density at radius 3 is 1.77 bits per heavy atom. The van der Waals surface area contributed by atoms with Crippen molar-refractivity contribution in [2.45, 2.75) is 65.3 Å². The van der Waals surface area contributed by atoms with Crippen molar-refractivity contribution in [1.82, 2.24) is 0 Å². The molecule has 0 heterocycles. The second-order valence-corrected chi connectivity index (χ2v) is 7.00. The number of hydrogen-bond donors (Lipinski definition) is 1. The summed E-state index contributed by atoms with van der Waals surface area (Å²) >= 11 is 0. The smallest absolute Gasteiger partial charge is 0.450 e. The summed E-state index contributed by atoms with van der Waals surface area (Å²) in [6.07, 6.45) is -5.00. The molecule has 0 bridgehead atoms. The molecule has 0 aromatic rings. The standard InChI is InChI=1S/C17H28O9/c1-10(2)8-22-16(20)25-13-7-5-6-12(24-15(18)19)14(13)26-17(21)23-9-11(3)4/h10-14H,5-9H2,1-4H3,(H,18,19). The van der Waals surface area contributed by atoms with Gasteiger partial charge in [0.25, 0.3) is 0 Å². The van der Waals surface area contributed by atoms with E-state index in [-0.39, 0.29) is 25.0 Å². The molecule has 9 heteroatoms. The molecule has 9 nitrogen and oxygen atoms in total. The molecule has 0 aromatic carbocycles. The Bertz CT molecular complexity index is 475. The van der Waals surface area contributed by atoms with Crippen molar-refractivity contribution in [3.8, 4) is 0 Å². The maximum atomic E-state index is 11.9. The zero-order valence-corrected chi connectivity index (χ0v) is 15.6. The number of rotatable bonds is 7. The van der Waals surface area contributed by atoms with Crippen molar-refractivity contribution in [3.05, 3.63) is 0 Å². The van der Waals surface area contributed by atoms with E-state index < -0.39 is 36.8 Å². The normalized spacial score (nSPS) is 22.6. The topological polar surface area (TPSA) is 118 Å². The molecule has 3 atom stereocenters. The lowest BCUT2D eigenvalue weighted by molar-refractivity contribution is -0.124. The Hall–Kier alpha value is -2.19. The summed E-state index contributed by atoms with van der Waals surface area (Å²) in [6, 6.07) is 0. The van der Waals surface area contributed by atoms with Crippen LogP contribution < -0.4 is 0 Å². The molecule has 0 aromatic heterocycles. The van der Waals surface area contributed by atoms with Gasteiger partial charge >= 0.3 is 18.5 Å². The first-order valence-corrected chi connectivity index (χ1v) is 8.75. The molecular formula is C17H28O9. The van der Waals surface area contributed by atoms with E-state index in [1.165, 1.54) is 0 Å². The van der Waals surface area contributed by atoms with Crippen LogP contribution in [0.15, 0.2) is 0 Å². The third-order valence-electron chi connectivity index (χ3n) is 3.51. The van der Waals surface area contributed by atoms with Gasteiger partial charge in [-0.3, -0.25) is 0 Å². The number of carbonyl (C=O) groups is 3. The van der Waals surface area contributed by atoms with E-state index in [0.29, 0.717) is 19.3 Å². The number of carbonyl (C=O) groups excluding carboxylic acids is 2. The number of carboxylic acid groups (broad SMARTS) is 1. The van der Waals surface area contributed by atoms with Gasteiger partial charge in [0.1, 0.15) is 12.2 Å². The number of ether oxygens (including phenoxy) is 5. The molecular weight excluding hydrogens is 348 g/mol. The zero-order chi connectivity index (χ0) is 19.7. The van der Waals surface area contributed by atoms with Crippen molar-refractivity contribution in [3.63, 3.8) is 0 Å². The molecule has 0 spiro atoms. The first-order valence-electron chi connectivity index (χ1n) is 8.75. The van der Waals surface area contributed by atoms with Gasteiger partial charge in [0.05, 0.1) is 13.2 Å². The predicted octanol–water partition coefficient (Wildman–Crippen LogP) is 3.59. The van der Waals surface area contributed by atoms with Gasteiger partial charge < -0.3 is 28.8 Å². The lowest BCUT2D eigenvalue weighted by Crippen LogP contribution is -2.48. The molecule has 150 valence electrons. The lowest BCUT2D eigenvalue weighted by Gasteiger charge is -2.35. The molecule has 26 heavy (non-hydrogen) atoms. The van der Waals surface area contributed by atoms with Crippen LogP contribution in [-0.2, 0) is 23.7 Å². The van der Waals surface area contributed by atoms with E-state index in [9.17, 15) is 14.4 Å². The fourth-order valence-corrected chi connectivity index (χ4v) is 2.39. The van der Waals surface area contributed by atoms with Gasteiger partial charge in [0.2, 0.25) is 0 Å². The Morgan fingerprint density at radius 2 is 1.31 bits per heavy atom. The summed E-state index contributed by atoms with van der Waals surface area (Å²) in [5, 5.41) is 8.88. The van der Waals surface area contributed by atoms with Crippen LogP contribution in [0.4, 0.5) is 14.4 Å². The van der Waals surface area contributed by atoms with Crippen LogP contribution in [-0.4, -0.2) is 55.1 Å². The van der Waals surface area contributed by atoms with Gasteiger partial charge in [-0.15, -0.1) is 0 Å². The quantitative estimate of drug-likeness (QED) is 0.525. The Morgan fingerprint density at radius 1 is 0.846 bits per heavy atom. The summed E-state index contributed by atoms with van der Waals surface area (Å²) in [6.45, 7) is 7.81. The molecule has 0 aliphatic heterocycles. The fraction of sp³-hybridized carbons (Fsp3) is 0.824. The minimum absolute atomic E-state index is 0.109. The molecule has 1 fully saturated rings. The molecule has 0 amide bonds. The SMILES string of the molecule is CC(C)COC(=O)OC1CCCC(OC(=O)O)C1OC(=O)OCC(C)C. The summed E-state index contributed by atoms with van der Waals surface area (Å²) in [5.41, 5.74) is 0. The third-order valence-corrected chi connectivity index (χ3v) is 3.51. The molecule has 3 unspecified atom stereocenters. The maximum absolute atomic E-state index is 11.9. The van der Waals surface area contributed by atoms with E-state index in [4.69, 9.17) is 28.8 Å². The first-order chi connectivity index (χ1) is 12.2. The molecule has 1 saturated carbocycles. The van der Waals surface area contributed by atoms with Crippen LogP contribution in [0.2, 0.25) is 0 Å². The summed E-state index contributed by atoms with van der Waals surface area (Å²) in [4.78, 5) is 34.6. The summed E-state index contributed by atoms with van der Waals surface area (Å²) < 4.78 is 25.2. The van der Waals surface area contributed by atoms with Crippen molar-refractivity contribution in [1.29, 1.82) is 0 Å². The molecule has 1 N–H and O–H groups in total. The van der Waals surface area contributed by atoms with Gasteiger partial charge in [-0.2, -0.15) is 0 Å². The van der Waals surface area contributed by atoms with Gasteiger partial charge in [-0.05, 0) is 31.1 Å². The van der Waals surface area contributed by atoms with Gasteiger partial charge in [-0.1, -0.05) is 27.7 Å². The highest BCUT2D eigenvalue weighted by atomic mass is 16.8. The highest BCUT2D eigenvalue weighted by molar-refractivity contribution is 5.62. The van der Waals surface area contributed by atoms with E-state index in [2.05, 4.69) is 0 Å². The third kappa shape index (κ3) is 8.26. The fourth-order valence-electron chi connectivity index (χ4n) is 2.39. The van der Waals surface area contributed by atoms with Crippen LogP contribution in [0.3, 0.4) is 0 Å². The average Bonchev–Trinajstić information content (AvgIpc) is 2.53. The molecule has 0 radical (unpaired) electrons. The minimum Gasteiger partial charge on any atom is -0.450 e. The minimum atomic E-state index is -1.50. The van der Waals surface area contributed by atoms with Crippen molar-refractivity contribution < 1.29 is 43.2 Å². The maximum Gasteiger partial charge on any atom is 0.508 e. The summed E-state index contributed by atoms with van der Waals surface area (Å²) in [7, 11) is 0. The van der Waals surface area contributed by atoms with Crippen LogP contribution in [0, 0.1) is 11.8 Å². The average molecular weight is 376 g/mol. The molecule has 1 aliphatic rings. The van der Waals surface area contributed by atoms with E-state index in [1.807, 2.05) is 27.7 Å².